The van der Waals surface area contributed by atoms with Gasteiger partial charge in [-0.05, 0) is 55.7 Å². The van der Waals surface area contributed by atoms with E-state index >= 15 is 0 Å². The first-order valence-corrected chi connectivity index (χ1v) is 11.2. The summed E-state index contributed by atoms with van der Waals surface area (Å²) in [6, 6.07) is 4.15. The van der Waals surface area contributed by atoms with E-state index < -0.39 is 17.9 Å². The zero-order valence-corrected chi connectivity index (χ0v) is 18.9. The standard InChI is InChI=1S/C24H35N5O3/c1-3-5-6-7-8-9-18(22(26)29-13-12-27-16-29)15-20(25)23(30)28-21-11-10-17(4-2)14-19(21)24(31)32/h6-7,10-14,16,18,20,22H,3-5,8-9,15,25-26H2,1-2H3,(H,28,30)(H,31,32)/b7-6-. The van der Waals surface area contributed by atoms with Crippen LogP contribution in [0, 0.1) is 5.92 Å². The minimum atomic E-state index is -1.09. The van der Waals surface area contributed by atoms with Crippen molar-refractivity contribution in [3.63, 3.8) is 0 Å². The van der Waals surface area contributed by atoms with E-state index in [1.807, 2.05) is 11.5 Å². The molecule has 0 saturated carbocycles. The zero-order chi connectivity index (χ0) is 23.5. The molecule has 174 valence electrons. The zero-order valence-electron chi connectivity index (χ0n) is 18.9. The fraction of sp³-hybridized carbons (Fsp3) is 0.458. The molecule has 0 fully saturated rings. The second kappa shape index (κ2) is 12.8. The summed E-state index contributed by atoms with van der Waals surface area (Å²) in [5.74, 6) is -1.58. The number of rotatable bonds is 13. The fourth-order valence-corrected chi connectivity index (χ4v) is 3.59. The van der Waals surface area contributed by atoms with Gasteiger partial charge in [-0.25, -0.2) is 9.78 Å². The van der Waals surface area contributed by atoms with Gasteiger partial charge in [0.05, 0.1) is 29.8 Å². The molecule has 0 aliphatic heterocycles. The molecule has 1 aromatic heterocycles. The highest BCUT2D eigenvalue weighted by Gasteiger charge is 2.25. The average molecular weight is 442 g/mol. The Morgan fingerprint density at radius 3 is 2.59 bits per heavy atom. The smallest absolute Gasteiger partial charge is 0.337 e. The summed E-state index contributed by atoms with van der Waals surface area (Å²) in [7, 11) is 0. The first kappa shape index (κ1) is 25.3. The minimum Gasteiger partial charge on any atom is -0.478 e. The lowest BCUT2D eigenvalue weighted by Gasteiger charge is -2.27. The van der Waals surface area contributed by atoms with E-state index in [1.165, 1.54) is 0 Å². The van der Waals surface area contributed by atoms with Crippen LogP contribution in [-0.4, -0.2) is 32.6 Å². The third-order valence-electron chi connectivity index (χ3n) is 5.55. The van der Waals surface area contributed by atoms with Crippen molar-refractivity contribution in [2.75, 3.05) is 5.32 Å². The predicted molar refractivity (Wildman–Crippen MR) is 126 cm³/mol. The molecule has 0 bridgehead atoms. The summed E-state index contributed by atoms with van der Waals surface area (Å²) < 4.78 is 1.82. The molecule has 2 rings (SSSR count). The van der Waals surface area contributed by atoms with E-state index in [9.17, 15) is 14.7 Å². The van der Waals surface area contributed by atoms with E-state index in [1.54, 1.807) is 36.9 Å². The van der Waals surface area contributed by atoms with Crippen LogP contribution in [0.2, 0.25) is 0 Å². The lowest BCUT2D eigenvalue weighted by Crippen LogP contribution is -2.40. The molecule has 6 N–H and O–H groups in total. The van der Waals surface area contributed by atoms with Crippen LogP contribution in [0.3, 0.4) is 0 Å². The number of carboxylic acids is 1. The topological polar surface area (TPSA) is 136 Å². The van der Waals surface area contributed by atoms with Crippen molar-refractivity contribution < 1.29 is 14.7 Å². The Hall–Kier alpha value is -2.97. The molecule has 8 nitrogen and oxygen atoms in total. The van der Waals surface area contributed by atoms with Gasteiger partial charge in [0.25, 0.3) is 0 Å². The molecule has 8 heteroatoms. The molecular formula is C24H35N5O3. The maximum Gasteiger partial charge on any atom is 0.337 e. The van der Waals surface area contributed by atoms with Crippen molar-refractivity contribution in [1.82, 2.24) is 9.55 Å². The maximum atomic E-state index is 12.8. The SMILES string of the molecule is CCC/C=C\CCC(CC(N)C(=O)Nc1ccc(CC)cc1C(=O)O)C(N)n1ccnc1. The Morgan fingerprint density at radius 1 is 1.22 bits per heavy atom. The van der Waals surface area contributed by atoms with E-state index in [-0.39, 0.29) is 23.3 Å². The maximum absolute atomic E-state index is 12.8. The number of carbonyl (C=O) groups excluding carboxylic acids is 1. The number of carbonyl (C=O) groups is 2. The molecule has 1 aromatic carbocycles. The van der Waals surface area contributed by atoms with Crippen LogP contribution >= 0.6 is 0 Å². The molecule has 0 radical (unpaired) electrons. The van der Waals surface area contributed by atoms with Crippen LogP contribution in [0.4, 0.5) is 5.69 Å². The number of carboxylic acid groups (broad SMARTS) is 1. The Balaban J connectivity index is 2.09. The van der Waals surface area contributed by atoms with Gasteiger partial charge in [0.2, 0.25) is 5.91 Å². The number of allylic oxidation sites excluding steroid dienone is 2. The summed E-state index contributed by atoms with van der Waals surface area (Å²) in [5, 5.41) is 12.2. The van der Waals surface area contributed by atoms with Crippen molar-refractivity contribution in [3.05, 3.63) is 60.2 Å². The average Bonchev–Trinajstić information content (AvgIpc) is 3.32. The van der Waals surface area contributed by atoms with E-state index in [0.29, 0.717) is 12.8 Å². The quantitative estimate of drug-likeness (QED) is 0.350. The monoisotopic (exact) mass is 441 g/mol. The second-order valence-corrected chi connectivity index (χ2v) is 7.97. The highest BCUT2D eigenvalue weighted by Crippen LogP contribution is 2.25. The Morgan fingerprint density at radius 2 is 1.97 bits per heavy atom. The molecule has 0 spiro atoms. The van der Waals surface area contributed by atoms with Gasteiger partial charge >= 0.3 is 5.97 Å². The van der Waals surface area contributed by atoms with Gasteiger partial charge in [-0.3, -0.25) is 4.79 Å². The number of nitrogens with one attached hydrogen (secondary N) is 1. The first-order chi connectivity index (χ1) is 15.4. The van der Waals surface area contributed by atoms with Gasteiger partial charge in [-0.15, -0.1) is 0 Å². The number of benzene rings is 1. The van der Waals surface area contributed by atoms with Crippen molar-refractivity contribution in [3.8, 4) is 0 Å². The van der Waals surface area contributed by atoms with Gasteiger partial charge < -0.3 is 26.5 Å². The van der Waals surface area contributed by atoms with Gasteiger partial charge in [-0.1, -0.05) is 38.5 Å². The number of imidazole rings is 1. The number of aromatic nitrogens is 2. The number of hydrogen-bond acceptors (Lipinski definition) is 5. The van der Waals surface area contributed by atoms with Crippen LogP contribution in [-0.2, 0) is 11.2 Å². The molecule has 0 aliphatic carbocycles. The Kier molecular flexibility index (Phi) is 10.1. The molecule has 3 atom stereocenters. The van der Waals surface area contributed by atoms with Crippen molar-refractivity contribution in [2.24, 2.45) is 17.4 Å². The lowest BCUT2D eigenvalue weighted by atomic mass is 9.91. The highest BCUT2D eigenvalue weighted by atomic mass is 16.4. The van der Waals surface area contributed by atoms with Crippen LogP contribution in [0.25, 0.3) is 0 Å². The third-order valence-corrected chi connectivity index (χ3v) is 5.55. The number of unbranched alkanes of at least 4 members (excludes halogenated alkanes) is 1. The highest BCUT2D eigenvalue weighted by molar-refractivity contribution is 6.02. The number of nitrogens with zero attached hydrogens (tertiary/aromatic N) is 2. The van der Waals surface area contributed by atoms with Crippen molar-refractivity contribution in [1.29, 1.82) is 0 Å². The molecule has 1 heterocycles. The third kappa shape index (κ3) is 7.32. The van der Waals surface area contributed by atoms with Gasteiger partial charge in [0.1, 0.15) is 0 Å². The number of amides is 1. The summed E-state index contributed by atoms with van der Waals surface area (Å²) >= 11 is 0. The van der Waals surface area contributed by atoms with Crippen molar-refractivity contribution >= 4 is 17.6 Å². The number of aromatic carboxylic acids is 1. The van der Waals surface area contributed by atoms with Crippen LogP contribution in [0.15, 0.2) is 49.1 Å². The largest absolute Gasteiger partial charge is 0.478 e. The van der Waals surface area contributed by atoms with Crippen LogP contribution < -0.4 is 16.8 Å². The normalized spacial score (nSPS) is 14.2. The van der Waals surface area contributed by atoms with E-state index in [0.717, 1.165) is 31.2 Å². The summed E-state index contributed by atoms with van der Waals surface area (Å²) in [6.07, 6.45) is 13.8. The van der Waals surface area contributed by atoms with Gasteiger partial charge in [-0.2, -0.15) is 0 Å². The Labute approximate surface area is 189 Å². The van der Waals surface area contributed by atoms with E-state index in [4.69, 9.17) is 11.5 Å². The number of anilines is 1. The van der Waals surface area contributed by atoms with Gasteiger partial charge in [0, 0.05) is 12.4 Å². The van der Waals surface area contributed by atoms with E-state index in [2.05, 4.69) is 29.4 Å². The van der Waals surface area contributed by atoms with Crippen LogP contribution in [0.5, 0.6) is 0 Å². The van der Waals surface area contributed by atoms with Crippen LogP contribution in [0.1, 0.15) is 68.0 Å². The summed E-state index contributed by atoms with van der Waals surface area (Å²) in [5.41, 5.74) is 13.9. The molecule has 0 saturated heterocycles. The fourth-order valence-electron chi connectivity index (χ4n) is 3.59. The Bertz CT molecular complexity index is 895. The molecule has 0 aliphatic rings. The summed E-state index contributed by atoms with van der Waals surface area (Å²) in [6.45, 7) is 4.07. The van der Waals surface area contributed by atoms with Gasteiger partial charge in [0.15, 0.2) is 0 Å². The summed E-state index contributed by atoms with van der Waals surface area (Å²) in [4.78, 5) is 28.5. The molecule has 2 aromatic rings. The second-order valence-electron chi connectivity index (χ2n) is 7.97. The molecule has 3 unspecified atom stereocenters. The van der Waals surface area contributed by atoms with Crippen molar-refractivity contribution in [2.45, 2.75) is 64.6 Å². The molecule has 1 amide bonds. The number of nitrogens with two attached hydrogens (primary N) is 2. The molecular weight excluding hydrogens is 406 g/mol. The lowest BCUT2D eigenvalue weighted by molar-refractivity contribution is -0.117. The first-order valence-electron chi connectivity index (χ1n) is 11.2. The number of aryl methyl sites for hydroxylation is 1. The molecule has 32 heavy (non-hydrogen) atoms. The minimum absolute atomic E-state index is 0.0534. The number of hydrogen-bond donors (Lipinski definition) is 4. The predicted octanol–water partition coefficient (Wildman–Crippen LogP) is 3.71.